The van der Waals surface area contributed by atoms with Gasteiger partial charge in [0.15, 0.2) is 0 Å². The van der Waals surface area contributed by atoms with Crippen molar-refractivity contribution in [3.63, 3.8) is 0 Å². The Morgan fingerprint density at radius 3 is 2.18 bits per heavy atom. The zero-order valence-corrected chi connectivity index (χ0v) is 25.4. The number of anilines is 1. The van der Waals surface area contributed by atoms with Crippen LogP contribution in [-0.2, 0) is 26.2 Å². The van der Waals surface area contributed by atoms with Crippen LogP contribution < -0.4 is 9.62 Å². The Bertz CT molecular complexity index is 1210. The van der Waals surface area contributed by atoms with E-state index in [-0.39, 0.29) is 43.7 Å². The van der Waals surface area contributed by atoms with Gasteiger partial charge in [-0.15, -0.1) is 0 Å². The van der Waals surface area contributed by atoms with E-state index < -0.39 is 16.1 Å². The summed E-state index contributed by atoms with van der Waals surface area (Å²) in [5.74, 6) is -0.265. The highest BCUT2D eigenvalue weighted by molar-refractivity contribution is 7.92. The van der Waals surface area contributed by atoms with Crippen LogP contribution in [0.4, 0.5) is 5.69 Å². The van der Waals surface area contributed by atoms with Gasteiger partial charge < -0.3 is 10.2 Å². The van der Waals surface area contributed by atoms with Gasteiger partial charge in [0, 0.05) is 41.7 Å². The number of hydrogen-bond donors (Lipinski definition) is 1. The Morgan fingerprint density at radius 2 is 1.63 bits per heavy atom. The fourth-order valence-electron chi connectivity index (χ4n) is 4.18. The summed E-state index contributed by atoms with van der Waals surface area (Å²) in [6.45, 7) is 10.3. The highest BCUT2D eigenvalue weighted by atomic mass is 35.5. The minimum Gasteiger partial charge on any atom is -0.354 e. The van der Waals surface area contributed by atoms with Gasteiger partial charge in [-0.25, -0.2) is 8.42 Å². The van der Waals surface area contributed by atoms with Crippen molar-refractivity contribution < 1.29 is 18.0 Å². The van der Waals surface area contributed by atoms with E-state index in [1.807, 2.05) is 46.8 Å². The minimum atomic E-state index is -3.58. The lowest BCUT2D eigenvalue weighted by molar-refractivity contribution is -0.141. The first-order valence-corrected chi connectivity index (χ1v) is 15.4. The molecule has 0 aliphatic carbocycles. The van der Waals surface area contributed by atoms with Crippen LogP contribution in [-0.4, -0.2) is 50.5 Å². The monoisotopic (exact) mass is 583 g/mol. The standard InChI is InChI=1S/C28H39Cl2N3O4S/c1-7-25(28(35)31-17-19(2)3)32(18-22-23(29)12-9-13-24(22)30)27(34)15-10-16-33(38(6,36)37)26-14-8-11-20(4)21(26)5/h8-9,11-14,19,25H,7,10,15-18H2,1-6H3,(H,31,35)/t25-/m1/s1. The van der Waals surface area contributed by atoms with Crippen molar-refractivity contribution in [2.75, 3.05) is 23.7 Å². The number of sulfonamides is 1. The molecule has 0 radical (unpaired) electrons. The molecule has 10 heteroatoms. The summed E-state index contributed by atoms with van der Waals surface area (Å²) in [5, 5.41) is 3.74. The van der Waals surface area contributed by atoms with E-state index in [4.69, 9.17) is 23.2 Å². The lowest BCUT2D eigenvalue weighted by Gasteiger charge is -2.32. The highest BCUT2D eigenvalue weighted by Crippen LogP contribution is 2.28. The number of carbonyl (C=O) groups excluding carboxylic acids is 2. The molecule has 0 heterocycles. The predicted molar refractivity (Wildman–Crippen MR) is 156 cm³/mol. The van der Waals surface area contributed by atoms with Crippen molar-refractivity contribution in [3.05, 3.63) is 63.1 Å². The van der Waals surface area contributed by atoms with Crippen LogP contribution in [0.25, 0.3) is 0 Å². The number of nitrogens with zero attached hydrogens (tertiary/aromatic N) is 2. The number of rotatable bonds is 13. The van der Waals surface area contributed by atoms with Crippen molar-refractivity contribution >= 4 is 50.7 Å². The van der Waals surface area contributed by atoms with Crippen molar-refractivity contribution in [3.8, 4) is 0 Å². The first-order chi connectivity index (χ1) is 17.8. The molecule has 38 heavy (non-hydrogen) atoms. The molecule has 7 nitrogen and oxygen atoms in total. The van der Waals surface area contributed by atoms with E-state index >= 15 is 0 Å². The normalized spacial score (nSPS) is 12.3. The van der Waals surface area contributed by atoms with E-state index in [2.05, 4.69) is 5.32 Å². The SMILES string of the molecule is CC[C@H](C(=O)NCC(C)C)N(Cc1c(Cl)cccc1Cl)C(=O)CCCN(c1cccc(C)c1C)S(C)(=O)=O. The molecule has 1 N–H and O–H groups in total. The van der Waals surface area contributed by atoms with Crippen molar-refractivity contribution in [2.45, 2.75) is 66.5 Å². The largest absolute Gasteiger partial charge is 0.354 e. The summed E-state index contributed by atoms with van der Waals surface area (Å²) in [5.41, 5.74) is 3.01. The van der Waals surface area contributed by atoms with Gasteiger partial charge in [0.25, 0.3) is 0 Å². The van der Waals surface area contributed by atoms with Crippen molar-refractivity contribution in [2.24, 2.45) is 5.92 Å². The maximum Gasteiger partial charge on any atom is 0.242 e. The average Bonchev–Trinajstić information content (AvgIpc) is 2.83. The Morgan fingerprint density at radius 1 is 1.03 bits per heavy atom. The maximum absolute atomic E-state index is 13.6. The second kappa shape index (κ2) is 14.2. The molecule has 2 aromatic rings. The Kier molecular flexibility index (Phi) is 11.9. The molecular weight excluding hydrogens is 545 g/mol. The third-order valence-electron chi connectivity index (χ3n) is 6.46. The molecule has 0 aromatic heterocycles. The highest BCUT2D eigenvalue weighted by Gasteiger charge is 2.30. The predicted octanol–water partition coefficient (Wildman–Crippen LogP) is 5.74. The fourth-order valence-corrected chi connectivity index (χ4v) is 5.72. The topological polar surface area (TPSA) is 86.8 Å². The van der Waals surface area contributed by atoms with Crippen molar-refractivity contribution in [1.82, 2.24) is 10.2 Å². The van der Waals surface area contributed by atoms with E-state index in [1.54, 1.807) is 24.3 Å². The quantitative estimate of drug-likeness (QED) is 0.326. The van der Waals surface area contributed by atoms with Crippen LogP contribution in [0.3, 0.4) is 0 Å². The smallest absolute Gasteiger partial charge is 0.242 e. The molecule has 0 aliphatic heterocycles. The summed E-state index contributed by atoms with van der Waals surface area (Å²) in [4.78, 5) is 28.2. The number of amides is 2. The summed E-state index contributed by atoms with van der Waals surface area (Å²) < 4.78 is 26.6. The summed E-state index contributed by atoms with van der Waals surface area (Å²) in [7, 11) is -3.58. The Balaban J connectivity index is 2.30. The first kappa shape index (κ1) is 31.9. The van der Waals surface area contributed by atoms with E-state index in [9.17, 15) is 18.0 Å². The molecule has 0 aliphatic rings. The van der Waals surface area contributed by atoms with Crippen LogP contribution in [0.2, 0.25) is 10.0 Å². The summed E-state index contributed by atoms with van der Waals surface area (Å²) >= 11 is 12.8. The molecule has 2 amide bonds. The van der Waals surface area contributed by atoms with Gasteiger partial charge in [0.1, 0.15) is 6.04 Å². The molecule has 0 unspecified atom stereocenters. The zero-order chi connectivity index (χ0) is 28.6. The van der Waals surface area contributed by atoms with Gasteiger partial charge in [-0.05, 0) is 61.9 Å². The third-order valence-corrected chi connectivity index (χ3v) is 8.35. The molecule has 0 bridgehead atoms. The summed E-state index contributed by atoms with van der Waals surface area (Å²) in [6, 6.07) is 9.90. The lowest BCUT2D eigenvalue weighted by Crippen LogP contribution is -2.49. The fraction of sp³-hybridized carbons (Fsp3) is 0.500. The van der Waals surface area contributed by atoms with Gasteiger partial charge in [0.2, 0.25) is 21.8 Å². The number of hydrogen-bond acceptors (Lipinski definition) is 4. The number of carbonyl (C=O) groups is 2. The molecule has 2 rings (SSSR count). The molecule has 0 saturated carbocycles. The van der Waals surface area contributed by atoms with Crippen LogP contribution >= 0.6 is 23.2 Å². The van der Waals surface area contributed by atoms with E-state index in [1.165, 1.54) is 9.21 Å². The van der Waals surface area contributed by atoms with Gasteiger partial charge in [-0.1, -0.05) is 62.2 Å². The number of halogens is 2. The third kappa shape index (κ3) is 8.61. The van der Waals surface area contributed by atoms with E-state index in [0.717, 1.165) is 17.4 Å². The molecule has 210 valence electrons. The van der Waals surface area contributed by atoms with Crippen LogP contribution in [0.5, 0.6) is 0 Å². The molecule has 0 spiro atoms. The zero-order valence-electron chi connectivity index (χ0n) is 23.1. The first-order valence-electron chi connectivity index (χ1n) is 12.8. The molecule has 0 saturated heterocycles. The molecule has 0 fully saturated rings. The minimum absolute atomic E-state index is 0.0485. The Labute approximate surface area is 237 Å². The number of benzene rings is 2. The van der Waals surface area contributed by atoms with Crippen LogP contribution in [0.15, 0.2) is 36.4 Å². The van der Waals surface area contributed by atoms with Gasteiger partial charge in [0.05, 0.1) is 11.9 Å². The number of aryl methyl sites for hydroxylation is 1. The maximum atomic E-state index is 13.6. The Hall–Kier alpha value is -2.29. The second-order valence-electron chi connectivity index (χ2n) is 9.94. The molecule has 2 aromatic carbocycles. The van der Waals surface area contributed by atoms with Crippen molar-refractivity contribution in [1.29, 1.82) is 0 Å². The lowest BCUT2D eigenvalue weighted by atomic mass is 10.1. The summed E-state index contributed by atoms with van der Waals surface area (Å²) in [6.07, 6.45) is 1.88. The van der Waals surface area contributed by atoms with Gasteiger partial charge in [-0.3, -0.25) is 13.9 Å². The average molecular weight is 585 g/mol. The molecule has 1 atom stereocenters. The molecular formula is C28H39Cl2N3O4S. The second-order valence-corrected chi connectivity index (χ2v) is 12.7. The van der Waals surface area contributed by atoms with Gasteiger partial charge in [-0.2, -0.15) is 0 Å². The van der Waals surface area contributed by atoms with Gasteiger partial charge >= 0.3 is 0 Å². The van der Waals surface area contributed by atoms with Crippen LogP contribution in [0, 0.1) is 19.8 Å². The number of nitrogens with one attached hydrogen (secondary N) is 1. The van der Waals surface area contributed by atoms with E-state index in [0.29, 0.717) is 34.3 Å². The van der Waals surface area contributed by atoms with Crippen LogP contribution in [0.1, 0.15) is 56.7 Å².